The first kappa shape index (κ1) is 22.5. The smallest absolute Gasteiger partial charge is 0.343 e. The van der Waals surface area contributed by atoms with E-state index in [1.54, 1.807) is 42.6 Å². The van der Waals surface area contributed by atoms with Crippen molar-refractivity contribution in [3.63, 3.8) is 0 Å². The molecule has 3 aromatic rings. The number of rotatable bonds is 6. The third kappa shape index (κ3) is 6.63. The molecule has 3 aromatic carbocycles. The average Bonchev–Trinajstić information content (AvgIpc) is 2.74. The van der Waals surface area contributed by atoms with Crippen molar-refractivity contribution in [2.45, 2.75) is 6.92 Å². The van der Waals surface area contributed by atoms with Gasteiger partial charge < -0.3 is 14.8 Å². The number of nitrogens with zero attached hydrogens (tertiary/aromatic N) is 1. The number of esters is 1. The second-order valence-corrected chi connectivity index (χ2v) is 7.83. The van der Waals surface area contributed by atoms with E-state index in [9.17, 15) is 4.79 Å². The van der Waals surface area contributed by atoms with E-state index in [0.717, 1.165) is 21.3 Å². The number of anilines is 1. The Labute approximate surface area is 194 Å². The summed E-state index contributed by atoms with van der Waals surface area (Å²) in [5.41, 5.74) is 5.95. The van der Waals surface area contributed by atoms with Crippen LogP contribution in [0.2, 0.25) is 0 Å². The number of methoxy groups -OCH3 is 1. The van der Waals surface area contributed by atoms with Crippen LogP contribution in [0.3, 0.4) is 0 Å². The molecule has 6 nitrogen and oxygen atoms in total. The van der Waals surface area contributed by atoms with Gasteiger partial charge in [0.2, 0.25) is 0 Å². The Balaban J connectivity index is 1.62. The minimum Gasteiger partial charge on any atom is -0.493 e. The van der Waals surface area contributed by atoms with Crippen LogP contribution < -0.4 is 20.2 Å². The van der Waals surface area contributed by atoms with Crippen LogP contribution in [0.4, 0.5) is 5.69 Å². The molecular formula is C23H20BrN3O3S. The quantitative estimate of drug-likeness (QED) is 0.158. The molecule has 0 bridgehead atoms. The van der Waals surface area contributed by atoms with Crippen molar-refractivity contribution in [3.8, 4) is 11.5 Å². The number of hydrogen-bond acceptors (Lipinski definition) is 5. The number of aryl methyl sites for hydroxylation is 1. The second-order valence-electron chi connectivity index (χ2n) is 6.50. The number of ether oxygens (including phenoxy) is 2. The number of thiocarbonyl (C=S) groups is 1. The van der Waals surface area contributed by atoms with E-state index in [1.807, 2.05) is 37.3 Å². The molecule has 0 saturated carbocycles. The van der Waals surface area contributed by atoms with E-state index in [4.69, 9.17) is 21.7 Å². The summed E-state index contributed by atoms with van der Waals surface area (Å²) in [6.07, 6.45) is 1.59. The van der Waals surface area contributed by atoms with Gasteiger partial charge in [-0.3, -0.25) is 5.43 Å². The van der Waals surface area contributed by atoms with Gasteiger partial charge in [-0.1, -0.05) is 34.1 Å². The van der Waals surface area contributed by atoms with Crippen LogP contribution in [0.5, 0.6) is 11.5 Å². The van der Waals surface area contributed by atoms with Crippen molar-refractivity contribution < 1.29 is 14.3 Å². The summed E-state index contributed by atoms with van der Waals surface area (Å²) < 4.78 is 11.6. The zero-order valence-electron chi connectivity index (χ0n) is 16.9. The first-order valence-corrected chi connectivity index (χ1v) is 10.5. The van der Waals surface area contributed by atoms with Crippen molar-refractivity contribution >= 4 is 51.1 Å². The third-order valence-corrected chi connectivity index (χ3v) is 4.79. The molecule has 0 atom stereocenters. The zero-order valence-corrected chi connectivity index (χ0v) is 19.3. The topological polar surface area (TPSA) is 71.9 Å². The summed E-state index contributed by atoms with van der Waals surface area (Å²) in [5.74, 6) is 0.247. The van der Waals surface area contributed by atoms with Crippen molar-refractivity contribution in [1.29, 1.82) is 0 Å². The lowest BCUT2D eigenvalue weighted by atomic mass is 10.2. The molecule has 31 heavy (non-hydrogen) atoms. The normalized spacial score (nSPS) is 10.5. The highest BCUT2D eigenvalue weighted by molar-refractivity contribution is 9.10. The van der Waals surface area contributed by atoms with Gasteiger partial charge in [-0.2, -0.15) is 5.10 Å². The number of halogens is 1. The van der Waals surface area contributed by atoms with Gasteiger partial charge in [0.25, 0.3) is 0 Å². The van der Waals surface area contributed by atoms with Gasteiger partial charge in [-0.05, 0) is 78.8 Å². The minimum atomic E-state index is -0.477. The first-order chi connectivity index (χ1) is 14.9. The van der Waals surface area contributed by atoms with Gasteiger partial charge in [-0.15, -0.1) is 0 Å². The predicted octanol–water partition coefficient (Wildman–Crippen LogP) is 5.31. The number of carbonyl (C=O) groups is 1. The van der Waals surface area contributed by atoms with Crippen LogP contribution >= 0.6 is 28.1 Å². The highest BCUT2D eigenvalue weighted by Crippen LogP contribution is 2.28. The van der Waals surface area contributed by atoms with Gasteiger partial charge in [0.15, 0.2) is 16.6 Å². The maximum atomic E-state index is 12.4. The summed E-state index contributed by atoms with van der Waals surface area (Å²) in [5, 5.41) is 7.57. The number of carbonyl (C=O) groups excluding carboxylic acids is 1. The largest absolute Gasteiger partial charge is 0.493 e. The lowest BCUT2D eigenvalue weighted by Gasteiger charge is -2.10. The van der Waals surface area contributed by atoms with Crippen molar-refractivity contribution in [3.05, 3.63) is 87.9 Å². The predicted molar refractivity (Wildman–Crippen MR) is 130 cm³/mol. The lowest BCUT2D eigenvalue weighted by Crippen LogP contribution is -2.23. The van der Waals surface area contributed by atoms with Gasteiger partial charge >= 0.3 is 5.97 Å². The molecule has 8 heteroatoms. The molecule has 0 aliphatic rings. The fourth-order valence-corrected chi connectivity index (χ4v) is 3.24. The average molecular weight is 498 g/mol. The Morgan fingerprint density at radius 3 is 2.61 bits per heavy atom. The van der Waals surface area contributed by atoms with Gasteiger partial charge in [0.1, 0.15) is 0 Å². The second kappa shape index (κ2) is 10.7. The molecular weight excluding hydrogens is 478 g/mol. The van der Waals surface area contributed by atoms with E-state index in [-0.39, 0.29) is 0 Å². The summed E-state index contributed by atoms with van der Waals surface area (Å²) in [6.45, 7) is 2.01. The monoisotopic (exact) mass is 497 g/mol. The number of nitrogens with one attached hydrogen (secondary N) is 2. The fourth-order valence-electron chi connectivity index (χ4n) is 2.67. The molecule has 3 rings (SSSR count). The lowest BCUT2D eigenvalue weighted by molar-refractivity contribution is 0.0729. The highest BCUT2D eigenvalue weighted by atomic mass is 79.9. The van der Waals surface area contributed by atoms with Crippen LogP contribution in [-0.4, -0.2) is 24.4 Å². The molecule has 0 saturated heterocycles. The molecule has 0 aliphatic carbocycles. The molecule has 0 spiro atoms. The molecule has 0 radical (unpaired) electrons. The Hall–Kier alpha value is -3.23. The van der Waals surface area contributed by atoms with Crippen molar-refractivity contribution in [1.82, 2.24) is 5.43 Å². The van der Waals surface area contributed by atoms with E-state index in [0.29, 0.717) is 22.2 Å². The summed E-state index contributed by atoms with van der Waals surface area (Å²) in [4.78, 5) is 12.4. The molecule has 0 unspecified atom stereocenters. The van der Waals surface area contributed by atoms with Crippen LogP contribution in [0, 0.1) is 6.92 Å². The SMILES string of the molecule is COc1cc(C=NNC(=S)Nc2cccc(C)c2)ccc1OC(=O)c1cccc(Br)c1. The Bertz CT molecular complexity index is 1130. The molecule has 0 heterocycles. The van der Waals surface area contributed by atoms with Crippen LogP contribution in [-0.2, 0) is 0 Å². The Morgan fingerprint density at radius 1 is 1.06 bits per heavy atom. The Morgan fingerprint density at radius 2 is 1.87 bits per heavy atom. The van der Waals surface area contributed by atoms with Crippen molar-refractivity contribution in [2.24, 2.45) is 5.10 Å². The van der Waals surface area contributed by atoms with Crippen molar-refractivity contribution in [2.75, 3.05) is 12.4 Å². The summed E-state index contributed by atoms with van der Waals surface area (Å²) in [6, 6.07) is 20.0. The number of hydrogen-bond donors (Lipinski definition) is 2. The maximum Gasteiger partial charge on any atom is 0.343 e. The fraction of sp³-hybridized carbons (Fsp3) is 0.0870. The zero-order chi connectivity index (χ0) is 22.2. The molecule has 0 amide bonds. The number of benzene rings is 3. The molecule has 2 N–H and O–H groups in total. The summed E-state index contributed by atoms with van der Waals surface area (Å²) in [7, 11) is 1.51. The van der Waals surface area contributed by atoms with E-state index >= 15 is 0 Å². The Kier molecular flexibility index (Phi) is 7.75. The van der Waals surface area contributed by atoms with Gasteiger partial charge in [-0.25, -0.2) is 4.79 Å². The van der Waals surface area contributed by atoms with Crippen LogP contribution in [0.1, 0.15) is 21.5 Å². The molecule has 0 aromatic heterocycles. The standard InChI is InChI=1S/C23H20BrN3O3S/c1-15-5-3-8-19(11-15)26-23(31)27-25-14-16-9-10-20(21(12-16)29-2)30-22(28)17-6-4-7-18(24)13-17/h3-14H,1-2H3,(H2,26,27,31). The van der Waals surface area contributed by atoms with E-state index in [1.165, 1.54) is 7.11 Å². The third-order valence-electron chi connectivity index (χ3n) is 4.11. The van der Waals surface area contributed by atoms with Gasteiger partial charge in [0, 0.05) is 10.2 Å². The van der Waals surface area contributed by atoms with E-state index in [2.05, 4.69) is 31.8 Å². The van der Waals surface area contributed by atoms with Crippen LogP contribution in [0.15, 0.2) is 76.3 Å². The molecule has 0 fully saturated rings. The van der Waals surface area contributed by atoms with Gasteiger partial charge in [0.05, 0.1) is 18.9 Å². The minimum absolute atomic E-state index is 0.314. The highest BCUT2D eigenvalue weighted by Gasteiger charge is 2.13. The first-order valence-electron chi connectivity index (χ1n) is 9.27. The number of hydrazone groups is 1. The molecule has 158 valence electrons. The van der Waals surface area contributed by atoms with Crippen LogP contribution in [0.25, 0.3) is 0 Å². The summed E-state index contributed by atoms with van der Waals surface area (Å²) >= 11 is 8.59. The maximum absolute atomic E-state index is 12.4. The molecule has 0 aliphatic heterocycles. The van der Waals surface area contributed by atoms with E-state index < -0.39 is 5.97 Å².